The molecule has 4 aliphatic rings. The number of fused-ring (bicyclic) bond motifs is 5. The molecule has 148 valence electrons. The molecular formula is C25H43N. The second-order valence-corrected chi connectivity index (χ2v) is 11.2. The van der Waals surface area contributed by atoms with Crippen LogP contribution in [0.5, 0.6) is 0 Å². The van der Waals surface area contributed by atoms with Gasteiger partial charge in [-0.15, -0.1) is 0 Å². The van der Waals surface area contributed by atoms with Crippen molar-refractivity contribution in [1.29, 1.82) is 0 Å². The summed E-state index contributed by atoms with van der Waals surface area (Å²) in [6.45, 7) is 10.0. The van der Waals surface area contributed by atoms with Crippen molar-refractivity contribution in [3.8, 4) is 0 Å². The Balaban J connectivity index is 1.52. The third-order valence-corrected chi connectivity index (χ3v) is 9.96. The summed E-state index contributed by atoms with van der Waals surface area (Å²) in [5, 5.41) is 0. The molecule has 3 fully saturated rings. The van der Waals surface area contributed by atoms with Crippen LogP contribution in [0.2, 0.25) is 0 Å². The second kappa shape index (κ2) is 6.94. The third kappa shape index (κ3) is 2.92. The molecule has 0 bridgehead atoms. The van der Waals surface area contributed by atoms with Crippen molar-refractivity contribution >= 4 is 0 Å². The smallest absolute Gasteiger partial charge is 0.00363 e. The van der Waals surface area contributed by atoms with Gasteiger partial charge in [-0.3, -0.25) is 0 Å². The summed E-state index contributed by atoms with van der Waals surface area (Å²) in [4.78, 5) is 0. The minimum Gasteiger partial charge on any atom is -0.328 e. The van der Waals surface area contributed by atoms with E-state index in [-0.39, 0.29) is 0 Å². The van der Waals surface area contributed by atoms with E-state index < -0.39 is 0 Å². The normalized spacial score (nSPS) is 49.0. The van der Waals surface area contributed by atoms with Crippen molar-refractivity contribution in [3.63, 3.8) is 0 Å². The Morgan fingerprint density at radius 2 is 1.92 bits per heavy atom. The van der Waals surface area contributed by atoms with Gasteiger partial charge in [-0.2, -0.15) is 0 Å². The van der Waals surface area contributed by atoms with Crippen LogP contribution in [0.15, 0.2) is 11.6 Å². The highest BCUT2D eigenvalue weighted by Gasteiger charge is 2.58. The van der Waals surface area contributed by atoms with Gasteiger partial charge in [0.1, 0.15) is 0 Å². The predicted molar refractivity (Wildman–Crippen MR) is 112 cm³/mol. The fourth-order valence-corrected chi connectivity index (χ4v) is 8.05. The fraction of sp³-hybridized carbons (Fsp3) is 0.920. The Kier molecular flexibility index (Phi) is 5.08. The molecule has 0 aliphatic heterocycles. The second-order valence-electron chi connectivity index (χ2n) is 11.2. The maximum atomic E-state index is 6.26. The zero-order valence-corrected chi connectivity index (χ0v) is 17.9. The van der Waals surface area contributed by atoms with Crippen LogP contribution in [-0.2, 0) is 0 Å². The van der Waals surface area contributed by atoms with Crippen LogP contribution in [0.1, 0.15) is 98.3 Å². The van der Waals surface area contributed by atoms with Crippen molar-refractivity contribution in [2.45, 2.75) is 104 Å². The number of hydrogen-bond acceptors (Lipinski definition) is 1. The molecule has 0 aromatic rings. The molecular weight excluding hydrogens is 314 g/mol. The molecule has 0 radical (unpaired) electrons. The van der Waals surface area contributed by atoms with E-state index in [1.54, 1.807) is 0 Å². The van der Waals surface area contributed by atoms with Crippen LogP contribution in [0.3, 0.4) is 0 Å². The zero-order valence-electron chi connectivity index (χ0n) is 17.9. The lowest BCUT2D eigenvalue weighted by Crippen LogP contribution is -2.50. The average Bonchev–Trinajstić information content (AvgIpc) is 2.96. The Bertz CT molecular complexity index is 550. The van der Waals surface area contributed by atoms with Gasteiger partial charge in [0.15, 0.2) is 0 Å². The Hall–Kier alpha value is -0.300. The fourth-order valence-electron chi connectivity index (χ4n) is 8.05. The first kappa shape index (κ1) is 19.0. The topological polar surface area (TPSA) is 26.0 Å². The molecule has 8 unspecified atom stereocenters. The molecule has 3 saturated carbocycles. The lowest BCUT2D eigenvalue weighted by atomic mass is 9.47. The van der Waals surface area contributed by atoms with Gasteiger partial charge in [-0.05, 0) is 111 Å². The predicted octanol–water partition coefficient (Wildman–Crippen LogP) is 6.72. The molecule has 4 rings (SSSR count). The first-order valence-corrected chi connectivity index (χ1v) is 11.8. The highest BCUT2D eigenvalue weighted by molar-refractivity contribution is 5.24. The summed E-state index contributed by atoms with van der Waals surface area (Å²) in [6, 6.07) is 0.428. The van der Waals surface area contributed by atoms with Gasteiger partial charge in [-0.25, -0.2) is 0 Å². The molecule has 0 aromatic carbocycles. The van der Waals surface area contributed by atoms with Crippen LogP contribution in [0.4, 0.5) is 0 Å². The van der Waals surface area contributed by atoms with Gasteiger partial charge in [0, 0.05) is 6.04 Å². The van der Waals surface area contributed by atoms with E-state index in [9.17, 15) is 0 Å². The van der Waals surface area contributed by atoms with Crippen LogP contribution in [-0.4, -0.2) is 6.04 Å². The van der Waals surface area contributed by atoms with Crippen LogP contribution in [0.25, 0.3) is 0 Å². The molecule has 26 heavy (non-hydrogen) atoms. The van der Waals surface area contributed by atoms with E-state index in [0.717, 1.165) is 36.0 Å². The maximum Gasteiger partial charge on any atom is 0.00363 e. The van der Waals surface area contributed by atoms with E-state index in [1.807, 2.05) is 5.57 Å². The van der Waals surface area contributed by atoms with E-state index >= 15 is 0 Å². The number of hydrogen-bond donors (Lipinski definition) is 1. The first-order valence-electron chi connectivity index (χ1n) is 11.8. The van der Waals surface area contributed by atoms with Crippen molar-refractivity contribution in [2.24, 2.45) is 46.2 Å². The van der Waals surface area contributed by atoms with Crippen molar-refractivity contribution in [2.75, 3.05) is 0 Å². The van der Waals surface area contributed by atoms with Gasteiger partial charge < -0.3 is 5.73 Å². The minimum atomic E-state index is 0.428. The molecule has 4 aliphatic carbocycles. The summed E-state index contributed by atoms with van der Waals surface area (Å²) in [5.41, 5.74) is 9.26. The summed E-state index contributed by atoms with van der Waals surface area (Å²) < 4.78 is 0. The van der Waals surface area contributed by atoms with Crippen LogP contribution in [0, 0.1) is 40.4 Å². The van der Waals surface area contributed by atoms with Crippen LogP contribution >= 0.6 is 0 Å². The Morgan fingerprint density at radius 1 is 1.12 bits per heavy atom. The van der Waals surface area contributed by atoms with E-state index in [4.69, 9.17) is 5.73 Å². The summed E-state index contributed by atoms with van der Waals surface area (Å²) in [6.07, 6.45) is 18.2. The summed E-state index contributed by atoms with van der Waals surface area (Å²) in [5.74, 6) is 4.79. The van der Waals surface area contributed by atoms with E-state index in [0.29, 0.717) is 16.9 Å². The molecule has 2 N–H and O–H groups in total. The van der Waals surface area contributed by atoms with E-state index in [2.05, 4.69) is 33.8 Å². The highest BCUT2D eigenvalue weighted by Crippen LogP contribution is 2.67. The minimum absolute atomic E-state index is 0.428. The summed E-state index contributed by atoms with van der Waals surface area (Å²) >= 11 is 0. The Labute approximate surface area is 162 Å². The van der Waals surface area contributed by atoms with Gasteiger partial charge in [-0.1, -0.05) is 39.3 Å². The quantitative estimate of drug-likeness (QED) is 0.555. The lowest BCUT2D eigenvalue weighted by molar-refractivity contribution is -0.0451. The number of nitrogens with two attached hydrogens (primary N) is 1. The van der Waals surface area contributed by atoms with Crippen LogP contribution < -0.4 is 5.73 Å². The molecule has 0 heterocycles. The largest absolute Gasteiger partial charge is 0.328 e. The zero-order chi connectivity index (χ0) is 18.5. The van der Waals surface area contributed by atoms with Crippen molar-refractivity contribution in [1.82, 2.24) is 0 Å². The average molecular weight is 358 g/mol. The standard InChI is InChI=1S/C25H43N/c1-5-20(26)9-6-18-8-11-22-21-10-7-19-16-17(2)12-14-25(19,4)23(21)13-15-24(18,22)3/h7,17-18,20-23H,5-6,8-16,26H2,1-4H3. The molecule has 1 heteroatoms. The van der Waals surface area contributed by atoms with E-state index in [1.165, 1.54) is 64.2 Å². The molecule has 0 spiro atoms. The number of rotatable bonds is 4. The molecule has 0 saturated heterocycles. The Morgan fingerprint density at radius 3 is 2.69 bits per heavy atom. The maximum absolute atomic E-state index is 6.26. The van der Waals surface area contributed by atoms with Gasteiger partial charge in [0.05, 0.1) is 0 Å². The van der Waals surface area contributed by atoms with Crippen molar-refractivity contribution in [3.05, 3.63) is 11.6 Å². The highest BCUT2D eigenvalue weighted by atomic mass is 14.6. The number of allylic oxidation sites excluding steroid dienone is 2. The summed E-state index contributed by atoms with van der Waals surface area (Å²) in [7, 11) is 0. The SMILES string of the molecule is CCC(N)CCC1CCC2C3CC=C4CC(C)CCC4(C)C3CCC12C. The monoisotopic (exact) mass is 357 g/mol. The molecule has 8 atom stereocenters. The third-order valence-electron chi connectivity index (χ3n) is 9.96. The van der Waals surface area contributed by atoms with Gasteiger partial charge >= 0.3 is 0 Å². The van der Waals surface area contributed by atoms with Gasteiger partial charge in [0.25, 0.3) is 0 Å². The molecule has 0 amide bonds. The molecule has 1 nitrogen and oxygen atoms in total. The van der Waals surface area contributed by atoms with Crippen molar-refractivity contribution < 1.29 is 0 Å². The van der Waals surface area contributed by atoms with Gasteiger partial charge in [0.2, 0.25) is 0 Å². The molecule has 0 aromatic heterocycles. The lowest BCUT2D eigenvalue weighted by Gasteiger charge is -2.58. The first-order chi connectivity index (χ1) is 12.4.